The summed E-state index contributed by atoms with van der Waals surface area (Å²) in [7, 11) is 0. The van der Waals surface area contributed by atoms with Gasteiger partial charge in [0.15, 0.2) is 0 Å². The zero-order chi connectivity index (χ0) is 14.7. The van der Waals surface area contributed by atoms with Crippen LogP contribution in [-0.2, 0) is 11.3 Å². The molecule has 0 aliphatic carbocycles. The lowest BCUT2D eigenvalue weighted by molar-refractivity contribution is 0.121. The number of aromatic amines is 1. The SMILES string of the molecule is CCCCn1c(N)c(NC2CCOC2C)c(=O)[nH]c1=O. The number of nitrogens with zero attached hydrogens (tertiary/aromatic N) is 1. The maximum atomic E-state index is 11.9. The van der Waals surface area contributed by atoms with Crippen molar-refractivity contribution in [1.82, 2.24) is 9.55 Å². The third-order valence-electron chi connectivity index (χ3n) is 3.68. The second-order valence-corrected chi connectivity index (χ2v) is 5.14. The van der Waals surface area contributed by atoms with Crippen molar-refractivity contribution in [3.05, 3.63) is 20.8 Å². The second kappa shape index (κ2) is 6.13. The van der Waals surface area contributed by atoms with Gasteiger partial charge in [-0.15, -0.1) is 0 Å². The Kier molecular flexibility index (Phi) is 4.49. The van der Waals surface area contributed by atoms with Gasteiger partial charge in [0.1, 0.15) is 11.5 Å². The van der Waals surface area contributed by atoms with Crippen molar-refractivity contribution in [2.24, 2.45) is 0 Å². The first kappa shape index (κ1) is 14.6. The molecule has 20 heavy (non-hydrogen) atoms. The first-order chi connectivity index (χ1) is 9.54. The molecule has 1 aromatic heterocycles. The molecule has 1 aromatic rings. The summed E-state index contributed by atoms with van der Waals surface area (Å²) in [4.78, 5) is 26.0. The largest absolute Gasteiger partial charge is 0.383 e. The van der Waals surface area contributed by atoms with E-state index in [1.165, 1.54) is 4.57 Å². The molecule has 0 aromatic carbocycles. The summed E-state index contributed by atoms with van der Waals surface area (Å²) in [6.45, 7) is 5.14. The minimum atomic E-state index is -0.473. The predicted molar refractivity (Wildman–Crippen MR) is 78.1 cm³/mol. The number of nitrogens with one attached hydrogen (secondary N) is 2. The summed E-state index contributed by atoms with van der Waals surface area (Å²) in [6.07, 6.45) is 2.61. The average Bonchev–Trinajstić information content (AvgIpc) is 2.80. The number of nitrogen functional groups attached to an aromatic ring is 1. The highest BCUT2D eigenvalue weighted by atomic mass is 16.5. The predicted octanol–water partition coefficient (Wildman–Crippen LogP) is 0.508. The van der Waals surface area contributed by atoms with Gasteiger partial charge in [-0.25, -0.2) is 4.79 Å². The molecule has 2 atom stereocenters. The third kappa shape index (κ3) is 2.87. The molecule has 0 radical (unpaired) electrons. The Labute approximate surface area is 117 Å². The van der Waals surface area contributed by atoms with Crippen LogP contribution >= 0.6 is 0 Å². The number of H-pyrrole nitrogens is 1. The Morgan fingerprint density at radius 2 is 2.25 bits per heavy atom. The lowest BCUT2D eigenvalue weighted by Crippen LogP contribution is -2.37. The highest BCUT2D eigenvalue weighted by Gasteiger charge is 2.26. The standard InChI is InChI=1S/C13H22N4O3/c1-3-4-6-17-11(14)10(12(18)16-13(17)19)15-9-5-7-20-8(9)2/h8-9,15H,3-7,14H2,1-2H3,(H,16,18,19). The normalized spacial score (nSPS) is 22.1. The summed E-state index contributed by atoms with van der Waals surface area (Å²) in [6, 6.07) is 0.0375. The number of aromatic nitrogens is 2. The van der Waals surface area contributed by atoms with Crippen LogP contribution in [0.5, 0.6) is 0 Å². The van der Waals surface area contributed by atoms with E-state index >= 15 is 0 Å². The van der Waals surface area contributed by atoms with Gasteiger partial charge in [0, 0.05) is 13.2 Å². The quantitative estimate of drug-likeness (QED) is 0.730. The first-order valence-corrected chi connectivity index (χ1v) is 7.05. The molecule has 2 heterocycles. The summed E-state index contributed by atoms with van der Waals surface area (Å²) in [5, 5.41) is 3.12. The number of nitrogens with two attached hydrogens (primary N) is 1. The average molecular weight is 282 g/mol. The van der Waals surface area contributed by atoms with E-state index in [9.17, 15) is 9.59 Å². The number of anilines is 2. The van der Waals surface area contributed by atoms with Crippen molar-refractivity contribution >= 4 is 11.5 Å². The fourth-order valence-corrected chi connectivity index (χ4v) is 2.37. The van der Waals surface area contributed by atoms with Gasteiger partial charge in [0.05, 0.1) is 12.1 Å². The molecular formula is C13H22N4O3. The molecule has 4 N–H and O–H groups in total. The molecular weight excluding hydrogens is 260 g/mol. The Bertz CT molecular complexity index is 578. The highest BCUT2D eigenvalue weighted by Crippen LogP contribution is 2.19. The van der Waals surface area contributed by atoms with Crippen LogP contribution in [0.2, 0.25) is 0 Å². The van der Waals surface area contributed by atoms with Crippen molar-refractivity contribution in [3.8, 4) is 0 Å². The van der Waals surface area contributed by atoms with E-state index < -0.39 is 11.2 Å². The van der Waals surface area contributed by atoms with Crippen LogP contribution in [0, 0.1) is 0 Å². The molecule has 0 bridgehead atoms. The van der Waals surface area contributed by atoms with Crippen LogP contribution in [0.3, 0.4) is 0 Å². The summed E-state index contributed by atoms with van der Waals surface area (Å²) in [5.41, 5.74) is 5.33. The maximum Gasteiger partial charge on any atom is 0.330 e. The van der Waals surface area contributed by atoms with E-state index in [1.54, 1.807) is 0 Å². The van der Waals surface area contributed by atoms with Gasteiger partial charge in [-0.05, 0) is 19.8 Å². The van der Waals surface area contributed by atoms with Crippen LogP contribution in [0.15, 0.2) is 9.59 Å². The molecule has 1 aliphatic rings. The van der Waals surface area contributed by atoms with Crippen LogP contribution in [0.4, 0.5) is 11.5 Å². The van der Waals surface area contributed by atoms with Crippen LogP contribution in [0.25, 0.3) is 0 Å². The smallest absolute Gasteiger partial charge is 0.330 e. The minimum Gasteiger partial charge on any atom is -0.383 e. The number of hydrogen-bond acceptors (Lipinski definition) is 5. The summed E-state index contributed by atoms with van der Waals surface area (Å²) < 4.78 is 6.86. The Morgan fingerprint density at radius 1 is 1.50 bits per heavy atom. The maximum absolute atomic E-state index is 11.9. The summed E-state index contributed by atoms with van der Waals surface area (Å²) >= 11 is 0. The molecule has 0 spiro atoms. The zero-order valence-electron chi connectivity index (χ0n) is 11.9. The first-order valence-electron chi connectivity index (χ1n) is 7.05. The molecule has 1 fully saturated rings. The van der Waals surface area contributed by atoms with E-state index in [2.05, 4.69) is 10.3 Å². The van der Waals surface area contributed by atoms with E-state index in [0.717, 1.165) is 19.3 Å². The van der Waals surface area contributed by atoms with E-state index in [-0.39, 0.29) is 23.7 Å². The van der Waals surface area contributed by atoms with Gasteiger partial charge in [0.2, 0.25) is 0 Å². The lowest BCUT2D eigenvalue weighted by atomic mass is 10.1. The monoisotopic (exact) mass is 282 g/mol. The van der Waals surface area contributed by atoms with Gasteiger partial charge in [-0.3, -0.25) is 14.3 Å². The molecule has 2 unspecified atom stereocenters. The van der Waals surface area contributed by atoms with E-state index in [0.29, 0.717) is 13.2 Å². The third-order valence-corrected chi connectivity index (χ3v) is 3.68. The molecule has 0 saturated carbocycles. The van der Waals surface area contributed by atoms with Crippen LogP contribution < -0.4 is 22.3 Å². The van der Waals surface area contributed by atoms with Gasteiger partial charge in [-0.1, -0.05) is 13.3 Å². The zero-order valence-corrected chi connectivity index (χ0v) is 11.9. The van der Waals surface area contributed by atoms with E-state index in [1.807, 2.05) is 13.8 Å². The minimum absolute atomic E-state index is 0.0184. The Balaban J connectivity index is 2.32. The topological polar surface area (TPSA) is 102 Å². The molecule has 112 valence electrons. The molecule has 2 rings (SSSR count). The number of rotatable bonds is 5. The highest BCUT2D eigenvalue weighted by molar-refractivity contribution is 5.61. The Morgan fingerprint density at radius 3 is 2.85 bits per heavy atom. The van der Waals surface area contributed by atoms with Gasteiger partial charge in [-0.2, -0.15) is 0 Å². The van der Waals surface area contributed by atoms with Gasteiger partial charge < -0.3 is 15.8 Å². The number of ether oxygens (including phenoxy) is 1. The van der Waals surface area contributed by atoms with E-state index in [4.69, 9.17) is 10.5 Å². The van der Waals surface area contributed by atoms with Crippen LogP contribution in [0.1, 0.15) is 33.1 Å². The summed E-state index contributed by atoms with van der Waals surface area (Å²) in [5.74, 6) is 0.200. The van der Waals surface area contributed by atoms with Gasteiger partial charge >= 0.3 is 5.69 Å². The van der Waals surface area contributed by atoms with Crippen molar-refractivity contribution in [3.63, 3.8) is 0 Å². The van der Waals surface area contributed by atoms with Crippen molar-refractivity contribution in [2.45, 2.75) is 51.8 Å². The molecule has 1 aliphatic heterocycles. The number of unbranched alkanes of at least 4 members (excludes halogenated alkanes) is 1. The van der Waals surface area contributed by atoms with Crippen molar-refractivity contribution < 1.29 is 4.74 Å². The lowest BCUT2D eigenvalue weighted by Gasteiger charge is -2.19. The fraction of sp³-hybridized carbons (Fsp3) is 0.692. The molecule has 1 saturated heterocycles. The molecule has 7 nitrogen and oxygen atoms in total. The van der Waals surface area contributed by atoms with Crippen LogP contribution in [-0.4, -0.2) is 28.3 Å². The van der Waals surface area contributed by atoms with Gasteiger partial charge in [0.25, 0.3) is 5.56 Å². The second-order valence-electron chi connectivity index (χ2n) is 5.14. The Hall–Kier alpha value is -1.76. The van der Waals surface area contributed by atoms with Crippen molar-refractivity contribution in [1.29, 1.82) is 0 Å². The fourth-order valence-electron chi connectivity index (χ4n) is 2.37. The van der Waals surface area contributed by atoms with Crippen molar-refractivity contribution in [2.75, 3.05) is 17.7 Å². The molecule has 7 heteroatoms. The number of hydrogen-bond donors (Lipinski definition) is 3. The molecule has 0 amide bonds.